The third-order valence-corrected chi connectivity index (χ3v) is 5.78. The van der Waals surface area contributed by atoms with Crippen LogP contribution in [0.15, 0.2) is 51.7 Å². The van der Waals surface area contributed by atoms with E-state index in [2.05, 4.69) is 0 Å². The second kappa shape index (κ2) is 8.52. The molecule has 0 aromatic heterocycles. The lowest BCUT2D eigenvalue weighted by atomic mass is 9.89. The first kappa shape index (κ1) is 23.6. The molecule has 186 valence electrons. The van der Waals surface area contributed by atoms with Crippen LogP contribution in [-0.4, -0.2) is 39.0 Å². The molecule has 0 spiro atoms. The lowest BCUT2D eigenvalue weighted by Crippen LogP contribution is -2.32. The molecular formula is C25H13F2NO9. The smallest absolute Gasteiger partial charge is 0.363 e. The van der Waals surface area contributed by atoms with Crippen molar-refractivity contribution in [3.05, 3.63) is 75.4 Å². The van der Waals surface area contributed by atoms with Crippen LogP contribution in [0.25, 0.3) is 33.4 Å². The molecule has 1 aliphatic carbocycles. The summed E-state index contributed by atoms with van der Waals surface area (Å²) >= 11 is 0. The average Bonchev–Trinajstić information content (AvgIpc) is 3.16. The van der Waals surface area contributed by atoms with Crippen LogP contribution in [0.2, 0.25) is 0 Å². The zero-order valence-corrected chi connectivity index (χ0v) is 18.4. The number of carbonyl (C=O) groups is 4. The number of aromatic hydroxyl groups is 1. The van der Waals surface area contributed by atoms with E-state index in [1.54, 1.807) is 0 Å². The highest BCUT2D eigenvalue weighted by molar-refractivity contribution is 6.09. The van der Waals surface area contributed by atoms with Crippen molar-refractivity contribution in [1.82, 2.24) is 5.06 Å². The molecule has 1 saturated heterocycles. The lowest BCUT2D eigenvalue weighted by molar-refractivity contribution is -0.172. The first-order chi connectivity index (χ1) is 17.5. The van der Waals surface area contributed by atoms with Crippen molar-refractivity contribution in [3.63, 3.8) is 0 Å². The fraction of sp³-hybridized carbons (Fsp3) is 0.0800. The quantitative estimate of drug-likeness (QED) is 0.311. The molecule has 2 amide bonds. The molecular weight excluding hydrogens is 496 g/mol. The van der Waals surface area contributed by atoms with Crippen molar-refractivity contribution in [2.45, 2.75) is 12.8 Å². The molecule has 3 aliphatic rings. The number of rotatable bonds is 4. The minimum atomic E-state index is -1.47. The normalized spacial score (nSPS) is 13.5. The molecule has 37 heavy (non-hydrogen) atoms. The minimum absolute atomic E-state index is 0.112. The number of halogens is 2. The molecule has 5 rings (SSSR count). The number of phenols is 1. The van der Waals surface area contributed by atoms with Gasteiger partial charge in [-0.25, -0.2) is 18.4 Å². The van der Waals surface area contributed by atoms with Crippen LogP contribution < -0.4 is 5.43 Å². The number of imide groups is 1. The summed E-state index contributed by atoms with van der Waals surface area (Å²) in [6.07, 6.45) is -0.293. The monoisotopic (exact) mass is 509 g/mol. The van der Waals surface area contributed by atoms with Gasteiger partial charge in [-0.2, -0.15) is 0 Å². The van der Waals surface area contributed by atoms with Crippen molar-refractivity contribution in [2.75, 3.05) is 0 Å². The predicted octanol–water partition coefficient (Wildman–Crippen LogP) is 3.47. The Kier molecular flexibility index (Phi) is 5.43. The third-order valence-electron chi connectivity index (χ3n) is 5.78. The molecule has 2 aliphatic heterocycles. The predicted molar refractivity (Wildman–Crippen MR) is 120 cm³/mol. The van der Waals surface area contributed by atoms with Crippen LogP contribution in [0.3, 0.4) is 0 Å². The fourth-order valence-electron chi connectivity index (χ4n) is 4.05. The molecule has 2 N–H and O–H groups in total. The topological polar surface area (TPSA) is 151 Å². The maximum Gasteiger partial charge on any atom is 0.363 e. The van der Waals surface area contributed by atoms with E-state index < -0.39 is 52.1 Å². The third kappa shape index (κ3) is 3.93. The molecule has 0 radical (unpaired) electrons. The maximum atomic E-state index is 14.4. The lowest BCUT2D eigenvalue weighted by Gasteiger charge is -2.18. The van der Waals surface area contributed by atoms with Crippen LogP contribution >= 0.6 is 0 Å². The standard InChI is InChI=1S/C25H13F2NO9/c26-15-6-13-19(8-17(15)29)36-20-9-18(30)16(27)7-14(20)23(13)12-5-10(1-2-11(12)24(33)34)25(35)37-28-21(31)3-4-22(28)32/h1-2,5-9,29H,3-4H2,(H,33,34). The van der Waals surface area contributed by atoms with Crippen LogP contribution in [0.5, 0.6) is 5.75 Å². The fourth-order valence-corrected chi connectivity index (χ4v) is 4.05. The average molecular weight is 509 g/mol. The Hall–Kier alpha value is -5.13. The molecule has 2 heterocycles. The number of carboxylic acid groups (broad SMARTS) is 1. The number of hydrogen-bond donors (Lipinski definition) is 2. The van der Waals surface area contributed by atoms with Crippen molar-refractivity contribution < 1.29 is 47.4 Å². The van der Waals surface area contributed by atoms with E-state index in [-0.39, 0.29) is 51.8 Å². The SMILES string of the molecule is O=C(ON1C(=O)CCC1=O)c1ccc(C(=O)O)c(-c2c3cc(F)c(=O)cc-3oc3cc(O)c(F)cc23)c1. The van der Waals surface area contributed by atoms with Gasteiger partial charge < -0.3 is 19.5 Å². The molecule has 1 fully saturated rings. The summed E-state index contributed by atoms with van der Waals surface area (Å²) < 4.78 is 34.3. The van der Waals surface area contributed by atoms with Gasteiger partial charge in [0.2, 0.25) is 5.43 Å². The van der Waals surface area contributed by atoms with Crippen molar-refractivity contribution >= 4 is 34.7 Å². The Balaban J connectivity index is 1.79. The zero-order valence-electron chi connectivity index (χ0n) is 18.4. The van der Waals surface area contributed by atoms with Gasteiger partial charge in [-0.05, 0) is 35.9 Å². The summed E-state index contributed by atoms with van der Waals surface area (Å²) in [6.45, 7) is 0. The molecule has 0 bridgehead atoms. The number of nitrogens with zero attached hydrogens (tertiary/aromatic N) is 1. The van der Waals surface area contributed by atoms with E-state index in [9.17, 15) is 43.0 Å². The van der Waals surface area contributed by atoms with Crippen LogP contribution in [0.4, 0.5) is 8.78 Å². The summed E-state index contributed by atoms with van der Waals surface area (Å²) in [5.41, 5.74) is -2.40. The van der Waals surface area contributed by atoms with E-state index in [0.717, 1.165) is 42.5 Å². The van der Waals surface area contributed by atoms with Crippen molar-refractivity contribution in [3.8, 4) is 28.2 Å². The number of fused-ring (bicyclic) bond motifs is 2. The van der Waals surface area contributed by atoms with Crippen LogP contribution in [0.1, 0.15) is 33.6 Å². The number of carboxylic acids is 1. The van der Waals surface area contributed by atoms with Crippen molar-refractivity contribution in [1.29, 1.82) is 0 Å². The highest BCUT2D eigenvalue weighted by Crippen LogP contribution is 2.43. The van der Waals surface area contributed by atoms with E-state index in [0.29, 0.717) is 5.06 Å². The van der Waals surface area contributed by atoms with E-state index in [4.69, 9.17) is 9.25 Å². The van der Waals surface area contributed by atoms with E-state index in [1.165, 1.54) is 0 Å². The molecule has 2 aromatic carbocycles. The largest absolute Gasteiger partial charge is 0.505 e. The molecule has 2 aromatic rings. The maximum absolute atomic E-state index is 14.4. The molecule has 12 heteroatoms. The van der Waals surface area contributed by atoms with E-state index in [1.807, 2.05) is 0 Å². The van der Waals surface area contributed by atoms with Crippen molar-refractivity contribution in [2.24, 2.45) is 0 Å². The minimum Gasteiger partial charge on any atom is -0.505 e. The van der Waals surface area contributed by atoms with Gasteiger partial charge in [0.25, 0.3) is 11.8 Å². The summed E-state index contributed by atoms with van der Waals surface area (Å²) in [5.74, 6) is -7.44. The number of phenolic OH excluding ortho intramolecular Hbond substituents is 1. The molecule has 0 unspecified atom stereocenters. The highest BCUT2D eigenvalue weighted by Gasteiger charge is 2.33. The second-order valence-corrected chi connectivity index (χ2v) is 8.08. The van der Waals surface area contributed by atoms with Gasteiger partial charge in [0.1, 0.15) is 11.3 Å². The summed E-state index contributed by atoms with van der Waals surface area (Å²) in [5, 5.41) is 19.8. The summed E-state index contributed by atoms with van der Waals surface area (Å²) in [7, 11) is 0. The first-order valence-corrected chi connectivity index (χ1v) is 10.6. The number of hydroxylamine groups is 2. The van der Waals surface area contributed by atoms with Gasteiger partial charge in [0.05, 0.1) is 11.1 Å². The number of benzene rings is 3. The van der Waals surface area contributed by atoms with Gasteiger partial charge in [0, 0.05) is 41.5 Å². The Morgan fingerprint density at radius 3 is 2.30 bits per heavy atom. The molecule has 0 saturated carbocycles. The van der Waals surface area contributed by atoms with Gasteiger partial charge in [-0.3, -0.25) is 14.4 Å². The Morgan fingerprint density at radius 1 is 0.919 bits per heavy atom. The second-order valence-electron chi connectivity index (χ2n) is 8.08. The van der Waals surface area contributed by atoms with Gasteiger partial charge >= 0.3 is 11.9 Å². The van der Waals surface area contributed by atoms with Gasteiger partial charge in [-0.15, -0.1) is 5.06 Å². The first-order valence-electron chi connectivity index (χ1n) is 10.6. The van der Waals surface area contributed by atoms with Crippen LogP contribution in [0, 0.1) is 11.6 Å². The Labute approximate surface area is 204 Å². The summed E-state index contributed by atoms with van der Waals surface area (Å²) in [6, 6.07) is 6.43. The van der Waals surface area contributed by atoms with Gasteiger partial charge in [0.15, 0.2) is 17.4 Å². The highest BCUT2D eigenvalue weighted by atomic mass is 19.1. The van der Waals surface area contributed by atoms with Gasteiger partial charge in [-0.1, -0.05) is 0 Å². The molecule has 10 nitrogen and oxygen atoms in total. The Morgan fingerprint density at radius 2 is 1.62 bits per heavy atom. The summed E-state index contributed by atoms with van der Waals surface area (Å²) in [4.78, 5) is 65.3. The number of hydrogen-bond acceptors (Lipinski definition) is 8. The van der Waals surface area contributed by atoms with Crippen LogP contribution in [-0.2, 0) is 14.4 Å². The zero-order chi connectivity index (χ0) is 26.6. The number of aromatic carboxylic acids is 1. The number of amides is 2. The Bertz CT molecular complexity index is 1690. The number of carbonyl (C=O) groups excluding carboxylic acids is 3. The molecule has 0 atom stereocenters. The van der Waals surface area contributed by atoms with E-state index >= 15 is 0 Å².